The fourth-order valence-corrected chi connectivity index (χ4v) is 4.05. The smallest absolute Gasteiger partial charge is 0.255 e. The van der Waals surface area contributed by atoms with E-state index in [0.29, 0.717) is 11.0 Å². The van der Waals surface area contributed by atoms with E-state index in [4.69, 9.17) is 0 Å². The van der Waals surface area contributed by atoms with Crippen LogP contribution in [0.4, 0.5) is 5.82 Å². The van der Waals surface area contributed by atoms with Crippen molar-refractivity contribution in [1.82, 2.24) is 14.8 Å². The number of rotatable bonds is 5. The van der Waals surface area contributed by atoms with Gasteiger partial charge in [0.1, 0.15) is 5.82 Å². The lowest BCUT2D eigenvalue weighted by Crippen LogP contribution is -2.55. The largest absolute Gasteiger partial charge is 0.357 e. The summed E-state index contributed by atoms with van der Waals surface area (Å²) in [5.74, 6) is 1.10. The molecule has 1 aromatic rings. The summed E-state index contributed by atoms with van der Waals surface area (Å²) < 4.78 is 0. The van der Waals surface area contributed by atoms with Gasteiger partial charge in [-0.25, -0.2) is 4.98 Å². The van der Waals surface area contributed by atoms with Gasteiger partial charge < -0.3 is 14.7 Å². The standard InChI is InChI=1S/C18H28N4O/c1-4-9-21(5-2)16-7-6-15(11-19-16)17(23)22-10-8-18(14-22)12-20(3)13-18/h6-7,11H,4-5,8-10,12-14H2,1-3H3. The first-order chi connectivity index (χ1) is 11.1. The lowest BCUT2D eigenvalue weighted by Gasteiger charge is -2.46. The van der Waals surface area contributed by atoms with Crippen molar-refractivity contribution in [3.63, 3.8) is 0 Å². The fourth-order valence-electron chi connectivity index (χ4n) is 4.05. The van der Waals surface area contributed by atoms with E-state index in [1.807, 2.05) is 17.0 Å². The molecule has 0 unspecified atom stereocenters. The number of likely N-dealkylation sites (tertiary alicyclic amines) is 2. The van der Waals surface area contributed by atoms with E-state index >= 15 is 0 Å². The number of amides is 1. The molecule has 5 nitrogen and oxygen atoms in total. The number of nitrogens with zero attached hydrogens (tertiary/aromatic N) is 4. The monoisotopic (exact) mass is 316 g/mol. The minimum Gasteiger partial charge on any atom is -0.357 e. The Balaban J connectivity index is 1.64. The summed E-state index contributed by atoms with van der Waals surface area (Å²) >= 11 is 0. The Morgan fingerprint density at radius 2 is 2.09 bits per heavy atom. The van der Waals surface area contributed by atoms with Crippen LogP contribution in [0, 0.1) is 5.41 Å². The molecular formula is C18H28N4O. The van der Waals surface area contributed by atoms with Crippen LogP contribution in [0.3, 0.4) is 0 Å². The minimum atomic E-state index is 0.133. The second kappa shape index (κ2) is 6.48. The van der Waals surface area contributed by atoms with Gasteiger partial charge in [-0.1, -0.05) is 6.92 Å². The van der Waals surface area contributed by atoms with Gasteiger partial charge in [0.2, 0.25) is 0 Å². The van der Waals surface area contributed by atoms with Crippen LogP contribution in [0.5, 0.6) is 0 Å². The number of anilines is 1. The first-order valence-electron chi connectivity index (χ1n) is 8.76. The molecule has 0 atom stereocenters. The Kier molecular flexibility index (Phi) is 4.57. The summed E-state index contributed by atoms with van der Waals surface area (Å²) in [4.78, 5) is 23.8. The lowest BCUT2D eigenvalue weighted by atomic mass is 9.79. The molecule has 2 fully saturated rings. The zero-order valence-electron chi connectivity index (χ0n) is 14.6. The molecular weight excluding hydrogens is 288 g/mol. The predicted octanol–water partition coefficient (Wildman–Crippen LogP) is 2.10. The second-order valence-corrected chi connectivity index (χ2v) is 7.13. The van der Waals surface area contributed by atoms with Gasteiger partial charge in [0, 0.05) is 50.9 Å². The van der Waals surface area contributed by atoms with E-state index in [1.165, 1.54) is 0 Å². The van der Waals surface area contributed by atoms with Gasteiger partial charge in [-0.3, -0.25) is 4.79 Å². The molecule has 0 radical (unpaired) electrons. The summed E-state index contributed by atoms with van der Waals surface area (Å²) in [5, 5.41) is 0. The van der Waals surface area contributed by atoms with Crippen molar-refractivity contribution in [2.75, 3.05) is 51.2 Å². The maximum absolute atomic E-state index is 12.7. The zero-order chi connectivity index (χ0) is 16.4. The predicted molar refractivity (Wildman–Crippen MR) is 92.9 cm³/mol. The molecule has 0 aromatic carbocycles. The number of hydrogen-bond donors (Lipinski definition) is 0. The molecule has 0 saturated carbocycles. The van der Waals surface area contributed by atoms with Crippen molar-refractivity contribution >= 4 is 11.7 Å². The van der Waals surface area contributed by atoms with E-state index in [2.05, 4.69) is 35.7 Å². The Labute approximate surface area is 139 Å². The normalized spacial score (nSPS) is 19.9. The molecule has 23 heavy (non-hydrogen) atoms. The molecule has 3 rings (SSSR count). The average molecular weight is 316 g/mol. The average Bonchev–Trinajstić information content (AvgIpc) is 2.97. The van der Waals surface area contributed by atoms with Gasteiger partial charge >= 0.3 is 0 Å². The van der Waals surface area contributed by atoms with Crippen molar-refractivity contribution in [1.29, 1.82) is 0 Å². The van der Waals surface area contributed by atoms with Crippen molar-refractivity contribution in [3.8, 4) is 0 Å². The molecule has 0 bridgehead atoms. The number of pyridine rings is 1. The molecule has 126 valence electrons. The Morgan fingerprint density at radius 3 is 2.65 bits per heavy atom. The fraction of sp³-hybridized carbons (Fsp3) is 0.667. The van der Waals surface area contributed by atoms with Crippen LogP contribution in [0.25, 0.3) is 0 Å². The van der Waals surface area contributed by atoms with Crippen molar-refractivity contribution < 1.29 is 4.79 Å². The molecule has 1 spiro atoms. The Bertz CT molecular complexity index is 551. The van der Waals surface area contributed by atoms with Crippen LogP contribution < -0.4 is 4.90 Å². The van der Waals surface area contributed by atoms with Crippen molar-refractivity contribution in [2.24, 2.45) is 5.41 Å². The highest BCUT2D eigenvalue weighted by Gasteiger charge is 2.47. The molecule has 2 aliphatic rings. The zero-order valence-corrected chi connectivity index (χ0v) is 14.6. The van der Waals surface area contributed by atoms with E-state index < -0.39 is 0 Å². The van der Waals surface area contributed by atoms with E-state index in [9.17, 15) is 4.79 Å². The van der Waals surface area contributed by atoms with Gasteiger partial charge in [-0.05, 0) is 38.9 Å². The third-order valence-electron chi connectivity index (χ3n) is 5.13. The molecule has 2 saturated heterocycles. The molecule has 1 amide bonds. The second-order valence-electron chi connectivity index (χ2n) is 7.13. The SMILES string of the molecule is CCCN(CC)c1ccc(C(=O)N2CCC3(CN(C)C3)C2)cn1. The highest BCUT2D eigenvalue weighted by atomic mass is 16.2. The summed E-state index contributed by atoms with van der Waals surface area (Å²) in [7, 11) is 2.15. The van der Waals surface area contributed by atoms with E-state index in [0.717, 1.165) is 57.9 Å². The van der Waals surface area contributed by atoms with E-state index in [1.54, 1.807) is 6.20 Å². The molecule has 3 heterocycles. The number of carbonyl (C=O) groups excluding carboxylic acids is 1. The number of carbonyl (C=O) groups is 1. The third kappa shape index (κ3) is 3.20. The minimum absolute atomic E-state index is 0.133. The van der Waals surface area contributed by atoms with Crippen LogP contribution in [0.1, 0.15) is 37.0 Å². The first-order valence-corrected chi connectivity index (χ1v) is 8.76. The number of hydrogen-bond acceptors (Lipinski definition) is 4. The maximum Gasteiger partial charge on any atom is 0.255 e. The third-order valence-corrected chi connectivity index (χ3v) is 5.13. The van der Waals surface area contributed by atoms with Gasteiger partial charge in [0.25, 0.3) is 5.91 Å². The van der Waals surface area contributed by atoms with Gasteiger partial charge in [0.15, 0.2) is 0 Å². The number of aromatic nitrogens is 1. The molecule has 5 heteroatoms. The quantitative estimate of drug-likeness (QED) is 0.834. The summed E-state index contributed by atoms with van der Waals surface area (Å²) in [5.41, 5.74) is 1.07. The topological polar surface area (TPSA) is 39.7 Å². The van der Waals surface area contributed by atoms with Gasteiger partial charge in [0.05, 0.1) is 5.56 Å². The molecule has 0 aliphatic carbocycles. The Hall–Kier alpha value is -1.62. The molecule has 2 aliphatic heterocycles. The van der Waals surface area contributed by atoms with Crippen LogP contribution in [0.15, 0.2) is 18.3 Å². The van der Waals surface area contributed by atoms with Crippen LogP contribution in [-0.4, -0.2) is 67.0 Å². The van der Waals surface area contributed by atoms with Crippen molar-refractivity contribution in [2.45, 2.75) is 26.7 Å². The molecule has 1 aromatic heterocycles. The highest BCUT2D eigenvalue weighted by molar-refractivity contribution is 5.94. The lowest BCUT2D eigenvalue weighted by molar-refractivity contribution is 0.0294. The summed E-state index contributed by atoms with van der Waals surface area (Å²) in [6.45, 7) is 10.3. The van der Waals surface area contributed by atoms with Crippen LogP contribution in [0.2, 0.25) is 0 Å². The highest BCUT2D eigenvalue weighted by Crippen LogP contribution is 2.38. The van der Waals surface area contributed by atoms with Gasteiger partial charge in [-0.15, -0.1) is 0 Å². The van der Waals surface area contributed by atoms with Gasteiger partial charge in [-0.2, -0.15) is 0 Å². The van der Waals surface area contributed by atoms with Crippen LogP contribution >= 0.6 is 0 Å². The molecule has 0 N–H and O–H groups in total. The van der Waals surface area contributed by atoms with Crippen LogP contribution in [-0.2, 0) is 0 Å². The summed E-state index contributed by atoms with van der Waals surface area (Å²) in [6, 6.07) is 3.91. The summed E-state index contributed by atoms with van der Waals surface area (Å²) in [6.07, 6.45) is 3.98. The van der Waals surface area contributed by atoms with Crippen molar-refractivity contribution in [3.05, 3.63) is 23.9 Å². The first kappa shape index (κ1) is 16.2. The Morgan fingerprint density at radius 1 is 1.30 bits per heavy atom. The maximum atomic E-state index is 12.7. The van der Waals surface area contributed by atoms with E-state index in [-0.39, 0.29) is 5.91 Å².